The Morgan fingerprint density at radius 3 is 2.41 bits per heavy atom. The van der Waals surface area contributed by atoms with Crippen molar-refractivity contribution in [2.45, 2.75) is 39.2 Å². The molecule has 1 atom stereocenters. The molecular weight excluding hydrogens is 466 g/mol. The van der Waals surface area contributed by atoms with Crippen LogP contribution in [0.4, 0.5) is 10.5 Å². The molecule has 196 valence electrons. The Labute approximate surface area is 218 Å². The van der Waals surface area contributed by atoms with Gasteiger partial charge in [0.15, 0.2) is 0 Å². The number of piperazine rings is 1. The lowest BCUT2D eigenvalue weighted by molar-refractivity contribution is -0.137. The van der Waals surface area contributed by atoms with Crippen molar-refractivity contribution in [3.63, 3.8) is 0 Å². The molecular formula is C29H37N5O3. The molecule has 8 heteroatoms. The van der Waals surface area contributed by atoms with Gasteiger partial charge in [-0.15, -0.1) is 0 Å². The predicted octanol–water partition coefficient (Wildman–Crippen LogP) is 4.54. The molecule has 3 heterocycles. The third kappa shape index (κ3) is 5.43. The summed E-state index contributed by atoms with van der Waals surface area (Å²) in [5.74, 6) is 1.09. The van der Waals surface area contributed by atoms with Crippen molar-refractivity contribution in [3.05, 3.63) is 48.5 Å². The molecule has 5 rings (SSSR count). The van der Waals surface area contributed by atoms with Crippen LogP contribution in [0.1, 0.15) is 33.6 Å². The summed E-state index contributed by atoms with van der Waals surface area (Å²) in [4.78, 5) is 36.6. The van der Waals surface area contributed by atoms with Gasteiger partial charge in [-0.1, -0.05) is 24.3 Å². The first kappa shape index (κ1) is 25.1. The first-order chi connectivity index (χ1) is 17.7. The quantitative estimate of drug-likeness (QED) is 0.525. The predicted molar refractivity (Wildman–Crippen MR) is 145 cm³/mol. The van der Waals surface area contributed by atoms with Crippen molar-refractivity contribution in [1.29, 1.82) is 0 Å². The van der Waals surface area contributed by atoms with E-state index in [1.165, 1.54) is 0 Å². The number of imidazole rings is 1. The number of rotatable bonds is 3. The van der Waals surface area contributed by atoms with E-state index in [1.54, 1.807) is 4.90 Å². The Morgan fingerprint density at radius 2 is 1.68 bits per heavy atom. The summed E-state index contributed by atoms with van der Waals surface area (Å²) in [7, 11) is 2.05. The van der Waals surface area contributed by atoms with Gasteiger partial charge < -0.3 is 24.0 Å². The number of aryl methyl sites for hydroxylation is 1. The number of amides is 2. The maximum atomic E-state index is 13.4. The highest BCUT2D eigenvalue weighted by molar-refractivity contribution is 5.82. The van der Waals surface area contributed by atoms with Crippen molar-refractivity contribution in [2.75, 3.05) is 44.2 Å². The molecule has 0 saturated carbocycles. The van der Waals surface area contributed by atoms with Crippen molar-refractivity contribution < 1.29 is 14.3 Å². The largest absolute Gasteiger partial charge is 0.444 e. The molecule has 0 aliphatic carbocycles. The van der Waals surface area contributed by atoms with E-state index in [9.17, 15) is 9.59 Å². The zero-order chi connectivity index (χ0) is 26.2. The standard InChI is InChI=1S/C29H37N5O3/c1-29(2,3)37-28(36)33-17-15-32(16-18-33)27(35)22-10-8-14-34(20-22)23-11-7-9-21(19-23)26-30-24-12-5-6-13-25(24)31(26)4/h5-7,9,11-13,19,22H,8,10,14-18,20H2,1-4H3/t22-/m0/s1. The zero-order valence-corrected chi connectivity index (χ0v) is 22.3. The van der Waals surface area contributed by atoms with Gasteiger partial charge in [-0.2, -0.15) is 0 Å². The van der Waals surface area contributed by atoms with E-state index in [4.69, 9.17) is 9.72 Å². The lowest BCUT2D eigenvalue weighted by Gasteiger charge is -2.39. The summed E-state index contributed by atoms with van der Waals surface area (Å²) in [6.45, 7) is 9.37. The molecule has 0 spiro atoms. The highest BCUT2D eigenvalue weighted by atomic mass is 16.6. The van der Waals surface area contributed by atoms with E-state index in [0.29, 0.717) is 32.7 Å². The number of aromatic nitrogens is 2. The SMILES string of the molecule is Cn1c(-c2cccc(N3CCC[C@H](C(=O)N4CCN(C(=O)OC(C)(C)C)CC4)C3)c2)nc2ccccc21. The van der Waals surface area contributed by atoms with Gasteiger partial charge in [0.05, 0.1) is 17.0 Å². The fourth-order valence-electron chi connectivity index (χ4n) is 5.35. The molecule has 2 aromatic carbocycles. The normalized spacial score (nSPS) is 18.8. The monoisotopic (exact) mass is 503 g/mol. The summed E-state index contributed by atoms with van der Waals surface area (Å²) < 4.78 is 7.62. The second kappa shape index (κ2) is 10.1. The van der Waals surface area contributed by atoms with Crippen LogP contribution in [0.25, 0.3) is 22.4 Å². The Hall–Kier alpha value is -3.55. The van der Waals surface area contributed by atoms with Crippen molar-refractivity contribution >= 4 is 28.7 Å². The van der Waals surface area contributed by atoms with Crippen LogP contribution < -0.4 is 4.90 Å². The molecule has 37 heavy (non-hydrogen) atoms. The number of piperidine rings is 1. The maximum absolute atomic E-state index is 13.4. The topological polar surface area (TPSA) is 70.9 Å². The maximum Gasteiger partial charge on any atom is 0.410 e. The number of hydrogen-bond acceptors (Lipinski definition) is 5. The molecule has 2 fully saturated rings. The third-order valence-corrected chi connectivity index (χ3v) is 7.27. The number of carbonyl (C=O) groups is 2. The van der Waals surface area contributed by atoms with Crippen LogP contribution >= 0.6 is 0 Å². The van der Waals surface area contributed by atoms with Crippen LogP contribution in [0.15, 0.2) is 48.5 Å². The van der Waals surface area contributed by atoms with Gasteiger partial charge in [0.2, 0.25) is 5.91 Å². The number of anilines is 1. The highest BCUT2D eigenvalue weighted by Gasteiger charge is 2.33. The molecule has 3 aromatic rings. The average molecular weight is 504 g/mol. The first-order valence-electron chi connectivity index (χ1n) is 13.2. The summed E-state index contributed by atoms with van der Waals surface area (Å²) in [6.07, 6.45) is 1.57. The van der Waals surface area contributed by atoms with Gasteiger partial charge in [0, 0.05) is 57.6 Å². The Bertz CT molecular complexity index is 1290. The lowest BCUT2D eigenvalue weighted by Crippen LogP contribution is -2.54. The summed E-state index contributed by atoms with van der Waals surface area (Å²) >= 11 is 0. The number of para-hydroxylation sites is 2. The minimum absolute atomic E-state index is 0.0405. The lowest BCUT2D eigenvalue weighted by atomic mass is 9.95. The van der Waals surface area contributed by atoms with Crippen LogP contribution in [0, 0.1) is 5.92 Å². The van der Waals surface area contributed by atoms with Gasteiger partial charge in [-0.05, 0) is 57.9 Å². The van der Waals surface area contributed by atoms with Crippen LogP contribution in [0.5, 0.6) is 0 Å². The summed E-state index contributed by atoms with van der Waals surface area (Å²) in [5.41, 5.74) is 3.77. The van der Waals surface area contributed by atoms with Gasteiger partial charge in [-0.25, -0.2) is 9.78 Å². The van der Waals surface area contributed by atoms with Crippen LogP contribution in [0.3, 0.4) is 0 Å². The fourth-order valence-corrected chi connectivity index (χ4v) is 5.35. The number of fused-ring (bicyclic) bond motifs is 1. The Balaban J connectivity index is 1.24. The summed E-state index contributed by atoms with van der Waals surface area (Å²) in [6, 6.07) is 16.7. The van der Waals surface area contributed by atoms with E-state index in [-0.39, 0.29) is 17.9 Å². The van der Waals surface area contributed by atoms with Crippen molar-refractivity contribution in [1.82, 2.24) is 19.4 Å². The molecule has 2 amide bonds. The smallest absolute Gasteiger partial charge is 0.410 e. The van der Waals surface area contributed by atoms with Crippen LogP contribution in [-0.4, -0.2) is 76.2 Å². The number of nitrogens with zero attached hydrogens (tertiary/aromatic N) is 5. The minimum atomic E-state index is -0.517. The molecule has 0 unspecified atom stereocenters. The molecule has 2 aliphatic heterocycles. The second-order valence-electron chi connectivity index (χ2n) is 11.1. The first-order valence-corrected chi connectivity index (χ1v) is 13.2. The van der Waals surface area contributed by atoms with E-state index < -0.39 is 5.60 Å². The molecule has 1 aromatic heterocycles. The molecule has 0 N–H and O–H groups in total. The average Bonchev–Trinajstić information content (AvgIpc) is 3.24. The molecule has 2 aliphatic rings. The fraction of sp³-hybridized carbons (Fsp3) is 0.483. The zero-order valence-electron chi connectivity index (χ0n) is 22.3. The minimum Gasteiger partial charge on any atom is -0.444 e. The van der Waals surface area contributed by atoms with E-state index >= 15 is 0 Å². The summed E-state index contributed by atoms with van der Waals surface area (Å²) in [5, 5.41) is 0. The molecule has 0 radical (unpaired) electrons. The number of hydrogen-bond donors (Lipinski definition) is 0. The van der Waals surface area contributed by atoms with Crippen LogP contribution in [0.2, 0.25) is 0 Å². The van der Waals surface area contributed by atoms with E-state index in [2.05, 4.69) is 46.8 Å². The van der Waals surface area contributed by atoms with E-state index in [0.717, 1.165) is 47.5 Å². The van der Waals surface area contributed by atoms with Gasteiger partial charge in [0.25, 0.3) is 0 Å². The number of benzene rings is 2. The number of ether oxygens (including phenoxy) is 1. The Kier molecular flexibility index (Phi) is 6.84. The highest BCUT2D eigenvalue weighted by Crippen LogP contribution is 2.30. The molecule has 0 bridgehead atoms. The molecule has 2 saturated heterocycles. The van der Waals surface area contributed by atoms with Crippen LogP contribution in [-0.2, 0) is 16.6 Å². The van der Waals surface area contributed by atoms with Crippen molar-refractivity contribution in [2.24, 2.45) is 13.0 Å². The third-order valence-electron chi connectivity index (χ3n) is 7.27. The molecule has 8 nitrogen and oxygen atoms in total. The van der Waals surface area contributed by atoms with Gasteiger partial charge in [0.1, 0.15) is 11.4 Å². The van der Waals surface area contributed by atoms with Gasteiger partial charge in [-0.3, -0.25) is 4.79 Å². The van der Waals surface area contributed by atoms with Crippen molar-refractivity contribution in [3.8, 4) is 11.4 Å². The Morgan fingerprint density at radius 1 is 0.946 bits per heavy atom. The van der Waals surface area contributed by atoms with E-state index in [1.807, 2.05) is 43.9 Å². The number of carbonyl (C=O) groups excluding carboxylic acids is 2. The van der Waals surface area contributed by atoms with Gasteiger partial charge >= 0.3 is 6.09 Å². The second-order valence-corrected chi connectivity index (χ2v) is 11.1.